The molecule has 22 heavy (non-hydrogen) atoms. The number of amides is 1. The third-order valence-electron chi connectivity index (χ3n) is 3.09. The molecule has 2 aromatic heterocycles. The molecule has 0 aliphatic heterocycles. The summed E-state index contributed by atoms with van der Waals surface area (Å²) in [4.78, 5) is 18.1. The monoisotopic (exact) mass is 300 g/mol. The molecule has 0 aliphatic rings. The van der Waals surface area contributed by atoms with Gasteiger partial charge >= 0.3 is 0 Å². The second-order valence-electron chi connectivity index (χ2n) is 4.58. The fourth-order valence-electron chi connectivity index (χ4n) is 2.01. The predicted molar refractivity (Wildman–Crippen MR) is 84.7 cm³/mol. The van der Waals surface area contributed by atoms with Gasteiger partial charge in [0.1, 0.15) is 0 Å². The summed E-state index contributed by atoms with van der Waals surface area (Å²) in [6, 6.07) is 5.51. The first kappa shape index (κ1) is 15.8. The molecule has 1 amide bonds. The molecule has 0 aromatic carbocycles. The van der Waals surface area contributed by atoms with E-state index in [1.54, 1.807) is 21.8 Å². The number of hydrogen-bond donors (Lipinski definition) is 0. The number of carbonyl (C=O) groups is 1. The average Bonchev–Trinajstić information content (AvgIpc) is 3.01. The van der Waals surface area contributed by atoms with Gasteiger partial charge in [-0.15, -0.1) is 0 Å². The van der Waals surface area contributed by atoms with E-state index in [4.69, 9.17) is 4.74 Å². The molecule has 0 saturated heterocycles. The predicted octanol–water partition coefficient (Wildman–Crippen LogP) is 2.42. The van der Waals surface area contributed by atoms with Crippen molar-refractivity contribution in [3.8, 4) is 5.88 Å². The second-order valence-corrected chi connectivity index (χ2v) is 4.58. The number of carbonyl (C=O) groups excluding carboxylic acids is 1. The molecule has 2 heterocycles. The maximum atomic E-state index is 12.1. The van der Waals surface area contributed by atoms with E-state index >= 15 is 0 Å². The summed E-state index contributed by atoms with van der Waals surface area (Å²) in [6.07, 6.45) is 4.78. The van der Waals surface area contributed by atoms with E-state index < -0.39 is 0 Å². The molecule has 6 nitrogen and oxygen atoms in total. The van der Waals surface area contributed by atoms with Gasteiger partial charge in [-0.05, 0) is 26.0 Å². The SMILES string of the molecule is C=CC(=O)N(Cc1cccc(OCC)n1)c1cnn(CC)c1. The van der Waals surface area contributed by atoms with Crippen LogP contribution < -0.4 is 9.64 Å². The van der Waals surface area contributed by atoms with E-state index in [2.05, 4.69) is 16.7 Å². The fraction of sp³-hybridized carbons (Fsp3) is 0.312. The Kier molecular flexibility index (Phi) is 5.30. The van der Waals surface area contributed by atoms with E-state index in [-0.39, 0.29) is 5.91 Å². The first-order chi connectivity index (χ1) is 10.7. The van der Waals surface area contributed by atoms with Gasteiger partial charge in [0.15, 0.2) is 0 Å². The Morgan fingerprint density at radius 1 is 1.45 bits per heavy atom. The topological polar surface area (TPSA) is 60.3 Å². The number of nitrogens with zero attached hydrogens (tertiary/aromatic N) is 4. The average molecular weight is 300 g/mol. The van der Waals surface area contributed by atoms with Crippen LogP contribution in [0.2, 0.25) is 0 Å². The standard InChI is InChI=1S/C16H20N4O2/c1-4-16(21)20(14-10-17-19(5-2)12-14)11-13-8-7-9-15(18-13)22-6-3/h4,7-10,12H,1,5-6,11H2,2-3H3. The van der Waals surface area contributed by atoms with Crippen molar-refractivity contribution in [2.75, 3.05) is 11.5 Å². The van der Waals surface area contributed by atoms with Gasteiger partial charge in [0.25, 0.3) is 5.91 Å². The third kappa shape index (κ3) is 3.72. The van der Waals surface area contributed by atoms with Crippen LogP contribution in [0.5, 0.6) is 5.88 Å². The highest BCUT2D eigenvalue weighted by Gasteiger charge is 2.16. The van der Waals surface area contributed by atoms with Crippen LogP contribution in [0.4, 0.5) is 5.69 Å². The molecule has 0 bridgehead atoms. The van der Waals surface area contributed by atoms with E-state index in [1.165, 1.54) is 6.08 Å². The minimum atomic E-state index is -0.195. The second kappa shape index (κ2) is 7.40. The Morgan fingerprint density at radius 2 is 2.27 bits per heavy atom. The summed E-state index contributed by atoms with van der Waals surface area (Å²) in [6.45, 7) is 9.08. The number of hydrogen-bond acceptors (Lipinski definition) is 4. The van der Waals surface area contributed by atoms with E-state index in [1.807, 2.05) is 32.2 Å². The van der Waals surface area contributed by atoms with E-state index in [0.717, 1.165) is 17.9 Å². The van der Waals surface area contributed by atoms with Crippen LogP contribution >= 0.6 is 0 Å². The minimum Gasteiger partial charge on any atom is -0.478 e. The molecule has 2 aromatic rings. The number of pyridine rings is 1. The van der Waals surface area contributed by atoms with Crippen molar-refractivity contribution in [2.24, 2.45) is 0 Å². The van der Waals surface area contributed by atoms with Crippen LogP contribution in [0, 0.1) is 0 Å². The van der Waals surface area contributed by atoms with Crippen molar-refractivity contribution in [3.05, 3.63) is 48.9 Å². The highest BCUT2D eigenvalue weighted by molar-refractivity contribution is 6.00. The lowest BCUT2D eigenvalue weighted by molar-refractivity contribution is -0.114. The smallest absolute Gasteiger partial charge is 0.250 e. The Balaban J connectivity index is 2.25. The Bertz CT molecular complexity index is 651. The lowest BCUT2D eigenvalue weighted by atomic mass is 10.3. The van der Waals surface area contributed by atoms with Gasteiger partial charge in [0, 0.05) is 18.8 Å². The van der Waals surface area contributed by atoms with Crippen molar-refractivity contribution < 1.29 is 9.53 Å². The van der Waals surface area contributed by atoms with Crippen LogP contribution in [0.3, 0.4) is 0 Å². The van der Waals surface area contributed by atoms with Crippen LogP contribution in [0.1, 0.15) is 19.5 Å². The molecule has 0 N–H and O–H groups in total. The molecule has 0 radical (unpaired) electrons. The maximum Gasteiger partial charge on any atom is 0.250 e. The van der Waals surface area contributed by atoms with Gasteiger partial charge in [-0.3, -0.25) is 14.4 Å². The zero-order chi connectivity index (χ0) is 15.9. The van der Waals surface area contributed by atoms with Gasteiger partial charge < -0.3 is 4.74 Å². The van der Waals surface area contributed by atoms with Gasteiger partial charge in [0.05, 0.1) is 30.7 Å². The molecule has 2 rings (SSSR count). The zero-order valence-corrected chi connectivity index (χ0v) is 12.9. The fourth-order valence-corrected chi connectivity index (χ4v) is 2.01. The maximum absolute atomic E-state index is 12.1. The first-order valence-electron chi connectivity index (χ1n) is 7.23. The molecule has 0 unspecified atom stereocenters. The summed E-state index contributed by atoms with van der Waals surface area (Å²) in [5.74, 6) is 0.356. The molecule has 116 valence electrons. The van der Waals surface area contributed by atoms with Crippen LogP contribution in [-0.4, -0.2) is 27.3 Å². The molecule has 6 heteroatoms. The highest BCUT2D eigenvalue weighted by Crippen LogP contribution is 2.18. The van der Waals surface area contributed by atoms with Gasteiger partial charge in [0.2, 0.25) is 5.88 Å². The van der Waals surface area contributed by atoms with Crippen LogP contribution in [0.25, 0.3) is 0 Å². The largest absolute Gasteiger partial charge is 0.478 e. The van der Waals surface area contributed by atoms with Gasteiger partial charge in [-0.1, -0.05) is 12.6 Å². The Labute approximate surface area is 130 Å². The number of ether oxygens (including phenoxy) is 1. The van der Waals surface area contributed by atoms with Crippen LogP contribution in [0.15, 0.2) is 43.2 Å². The minimum absolute atomic E-state index is 0.195. The Morgan fingerprint density at radius 3 is 2.91 bits per heavy atom. The quantitative estimate of drug-likeness (QED) is 0.737. The number of aryl methyl sites for hydroxylation is 1. The highest BCUT2D eigenvalue weighted by atomic mass is 16.5. The Hall–Kier alpha value is -2.63. The van der Waals surface area contributed by atoms with Crippen molar-refractivity contribution in [1.82, 2.24) is 14.8 Å². The third-order valence-corrected chi connectivity index (χ3v) is 3.09. The molecular weight excluding hydrogens is 280 g/mol. The summed E-state index contributed by atoms with van der Waals surface area (Å²) in [5.41, 5.74) is 1.46. The first-order valence-corrected chi connectivity index (χ1v) is 7.23. The lowest BCUT2D eigenvalue weighted by Gasteiger charge is -2.19. The molecule has 0 fully saturated rings. The van der Waals surface area contributed by atoms with Crippen molar-refractivity contribution in [3.63, 3.8) is 0 Å². The molecular formula is C16H20N4O2. The van der Waals surface area contributed by atoms with Gasteiger partial charge in [-0.2, -0.15) is 5.10 Å². The van der Waals surface area contributed by atoms with Gasteiger partial charge in [-0.25, -0.2) is 4.98 Å². The van der Waals surface area contributed by atoms with Crippen LogP contribution in [-0.2, 0) is 17.9 Å². The lowest BCUT2D eigenvalue weighted by Crippen LogP contribution is -2.28. The normalized spacial score (nSPS) is 10.3. The van der Waals surface area contributed by atoms with Crippen molar-refractivity contribution in [2.45, 2.75) is 26.9 Å². The number of aromatic nitrogens is 3. The molecule has 0 spiro atoms. The molecule has 0 saturated carbocycles. The zero-order valence-electron chi connectivity index (χ0n) is 12.9. The summed E-state index contributed by atoms with van der Waals surface area (Å²) in [7, 11) is 0. The summed E-state index contributed by atoms with van der Waals surface area (Å²) < 4.78 is 7.16. The van der Waals surface area contributed by atoms with Crippen molar-refractivity contribution in [1.29, 1.82) is 0 Å². The van der Waals surface area contributed by atoms with E-state index in [9.17, 15) is 4.79 Å². The molecule has 0 atom stereocenters. The summed E-state index contributed by atoms with van der Waals surface area (Å²) in [5, 5.41) is 4.20. The van der Waals surface area contributed by atoms with Crippen molar-refractivity contribution >= 4 is 11.6 Å². The van der Waals surface area contributed by atoms with E-state index in [0.29, 0.717) is 19.0 Å². The number of rotatable bonds is 7. The summed E-state index contributed by atoms with van der Waals surface area (Å²) >= 11 is 0. The molecule has 0 aliphatic carbocycles. The number of anilines is 1.